The quantitative estimate of drug-likeness (QED) is 0.509. The van der Waals surface area contributed by atoms with E-state index in [9.17, 15) is 9.59 Å². The molecule has 5 aliphatic carbocycles. The van der Waals surface area contributed by atoms with Crippen molar-refractivity contribution in [3.05, 3.63) is 62.5 Å². The van der Waals surface area contributed by atoms with Gasteiger partial charge in [-0.05, 0) is 93.1 Å². The Hall–Kier alpha value is -2.47. The number of aromatic amines is 1. The van der Waals surface area contributed by atoms with E-state index in [1.165, 1.54) is 36.1 Å². The van der Waals surface area contributed by atoms with Gasteiger partial charge in [0.25, 0.3) is 5.56 Å². The highest BCUT2D eigenvalue weighted by atomic mass is 32.1. The molecule has 5 nitrogen and oxygen atoms in total. The first-order chi connectivity index (χ1) is 17.1. The molecule has 35 heavy (non-hydrogen) atoms. The second-order valence-electron chi connectivity index (χ2n) is 11.7. The van der Waals surface area contributed by atoms with Crippen LogP contribution < -0.4 is 5.56 Å². The molecule has 4 saturated carbocycles. The van der Waals surface area contributed by atoms with Crippen LogP contribution in [0.3, 0.4) is 0 Å². The zero-order valence-electron chi connectivity index (χ0n) is 20.2. The van der Waals surface area contributed by atoms with Crippen molar-refractivity contribution in [2.45, 2.75) is 77.3 Å². The normalized spacial score (nSPS) is 28.9. The number of nitrogens with one attached hydrogen (secondary N) is 1. The van der Waals surface area contributed by atoms with Crippen molar-refractivity contribution >= 4 is 27.5 Å². The lowest BCUT2D eigenvalue weighted by Crippen LogP contribution is -2.54. The maximum absolute atomic E-state index is 14.3. The molecule has 182 valence electrons. The number of hydrogen-bond acceptors (Lipinski definition) is 4. The van der Waals surface area contributed by atoms with Crippen molar-refractivity contribution in [2.75, 3.05) is 0 Å². The Kier molecular flexibility index (Phi) is 5.16. The molecule has 0 spiro atoms. The molecular formula is C29H33N3O2S. The van der Waals surface area contributed by atoms with Gasteiger partial charge in [-0.1, -0.05) is 30.3 Å². The van der Waals surface area contributed by atoms with Crippen molar-refractivity contribution in [3.8, 4) is 0 Å². The largest absolute Gasteiger partial charge is 0.330 e. The van der Waals surface area contributed by atoms with Gasteiger partial charge in [-0.2, -0.15) is 0 Å². The van der Waals surface area contributed by atoms with E-state index in [0.29, 0.717) is 18.9 Å². The van der Waals surface area contributed by atoms with E-state index in [2.05, 4.69) is 17.1 Å². The highest BCUT2D eigenvalue weighted by Gasteiger charge is 2.55. The Morgan fingerprint density at radius 3 is 2.40 bits per heavy atom. The van der Waals surface area contributed by atoms with E-state index in [-0.39, 0.29) is 16.9 Å². The number of carbonyl (C=O) groups is 1. The van der Waals surface area contributed by atoms with Gasteiger partial charge in [-0.15, -0.1) is 11.3 Å². The third-order valence-corrected chi connectivity index (χ3v) is 10.4. The average Bonchev–Trinajstić information content (AvgIpc) is 3.22. The molecular weight excluding hydrogens is 454 g/mol. The van der Waals surface area contributed by atoms with Crippen LogP contribution in [0, 0.1) is 23.2 Å². The molecule has 1 N–H and O–H groups in total. The number of nitrogens with zero attached hydrogens (tertiary/aromatic N) is 2. The fourth-order valence-corrected chi connectivity index (χ4v) is 9.46. The first-order valence-corrected chi connectivity index (χ1v) is 14.2. The van der Waals surface area contributed by atoms with E-state index >= 15 is 0 Å². The molecule has 1 amide bonds. The number of benzene rings is 1. The summed E-state index contributed by atoms with van der Waals surface area (Å²) in [5.74, 6) is 3.06. The Morgan fingerprint density at radius 2 is 1.69 bits per heavy atom. The lowest BCUT2D eigenvalue weighted by atomic mass is 9.49. The number of carbonyl (C=O) groups excluding carboxylic acids is 1. The summed E-state index contributed by atoms with van der Waals surface area (Å²) in [6.45, 7) is 0.924. The van der Waals surface area contributed by atoms with Gasteiger partial charge in [0.15, 0.2) is 0 Å². The predicted octanol–water partition coefficient (Wildman–Crippen LogP) is 5.61. The number of amides is 1. The maximum atomic E-state index is 14.3. The third-order valence-electron chi connectivity index (χ3n) is 9.21. The molecule has 2 heterocycles. The minimum atomic E-state index is -0.212. The Labute approximate surface area is 210 Å². The molecule has 6 heteroatoms. The van der Waals surface area contributed by atoms with Crippen LogP contribution in [0.25, 0.3) is 10.2 Å². The topological polar surface area (TPSA) is 66.1 Å². The minimum absolute atomic E-state index is 0.0358. The Morgan fingerprint density at radius 1 is 1.00 bits per heavy atom. The number of hydrogen-bond donors (Lipinski definition) is 1. The van der Waals surface area contributed by atoms with Crippen LogP contribution in [0.5, 0.6) is 0 Å². The van der Waals surface area contributed by atoms with Crippen LogP contribution in [0.15, 0.2) is 35.1 Å². The summed E-state index contributed by atoms with van der Waals surface area (Å²) in [6, 6.07) is 10.3. The van der Waals surface area contributed by atoms with Crippen LogP contribution in [-0.4, -0.2) is 20.8 Å². The van der Waals surface area contributed by atoms with E-state index in [4.69, 9.17) is 4.98 Å². The van der Waals surface area contributed by atoms with Crippen molar-refractivity contribution in [1.82, 2.24) is 14.9 Å². The Bertz CT molecular complexity index is 1310. The smallest absolute Gasteiger partial charge is 0.259 e. The molecule has 0 atom stereocenters. The zero-order chi connectivity index (χ0) is 23.6. The Balaban J connectivity index is 1.24. The molecule has 8 rings (SSSR count). The van der Waals surface area contributed by atoms with E-state index in [1.807, 2.05) is 23.1 Å². The van der Waals surface area contributed by atoms with Gasteiger partial charge in [0, 0.05) is 11.4 Å². The summed E-state index contributed by atoms with van der Waals surface area (Å²) in [6.07, 6.45) is 11.5. The van der Waals surface area contributed by atoms with E-state index in [1.54, 1.807) is 11.3 Å². The van der Waals surface area contributed by atoms with Crippen LogP contribution in [0.1, 0.15) is 73.2 Å². The number of rotatable bonds is 5. The fourth-order valence-electron chi connectivity index (χ4n) is 8.18. The van der Waals surface area contributed by atoms with Gasteiger partial charge in [-0.25, -0.2) is 4.98 Å². The first kappa shape index (κ1) is 21.8. The van der Waals surface area contributed by atoms with Crippen molar-refractivity contribution in [3.63, 3.8) is 0 Å². The maximum Gasteiger partial charge on any atom is 0.259 e. The van der Waals surface area contributed by atoms with Gasteiger partial charge in [0.1, 0.15) is 10.7 Å². The van der Waals surface area contributed by atoms with Gasteiger partial charge in [0.2, 0.25) is 5.91 Å². The molecule has 5 aliphatic rings. The molecule has 0 saturated heterocycles. The van der Waals surface area contributed by atoms with Gasteiger partial charge < -0.3 is 9.88 Å². The third kappa shape index (κ3) is 3.76. The summed E-state index contributed by atoms with van der Waals surface area (Å²) in [4.78, 5) is 39.7. The second-order valence-corrected chi connectivity index (χ2v) is 12.8. The highest BCUT2D eigenvalue weighted by Crippen LogP contribution is 2.60. The molecule has 0 unspecified atom stereocenters. The standard InChI is InChI=1S/C29H33N3O2S/c33-26-25-22-8-4-5-9-23(22)35-27(25)31-24(30-26)17-32(16-18-6-2-1-3-7-18)28(34)29-13-19-10-20(14-29)12-21(11-19)15-29/h1-3,6-7,19-21H,4-5,8-17H2,(H,30,31,33). The van der Waals surface area contributed by atoms with E-state index < -0.39 is 0 Å². The number of H-pyrrole nitrogens is 1. The number of aryl methyl sites for hydroxylation is 2. The fraction of sp³-hybridized carbons (Fsp3) is 0.552. The molecule has 2 aromatic heterocycles. The van der Waals surface area contributed by atoms with Crippen molar-refractivity contribution in [2.24, 2.45) is 23.2 Å². The first-order valence-electron chi connectivity index (χ1n) is 13.4. The predicted molar refractivity (Wildman–Crippen MR) is 138 cm³/mol. The number of fused-ring (bicyclic) bond motifs is 3. The van der Waals surface area contributed by atoms with Crippen molar-refractivity contribution in [1.29, 1.82) is 0 Å². The minimum Gasteiger partial charge on any atom is -0.330 e. The summed E-state index contributed by atoms with van der Waals surface area (Å²) in [7, 11) is 0. The lowest BCUT2D eigenvalue weighted by molar-refractivity contribution is -0.159. The summed E-state index contributed by atoms with van der Waals surface area (Å²) < 4.78 is 0. The SMILES string of the molecule is O=C(N(Cc1ccccc1)Cc1nc2sc3c(c2c(=O)[nH]1)CCCC3)C12CC3CC(CC(C3)C1)C2. The van der Waals surface area contributed by atoms with E-state index in [0.717, 1.165) is 72.1 Å². The van der Waals surface area contributed by atoms with Crippen LogP contribution in [-0.2, 0) is 30.7 Å². The molecule has 1 aromatic carbocycles. The lowest BCUT2D eigenvalue weighted by Gasteiger charge is -2.56. The molecule has 0 aliphatic heterocycles. The number of aromatic nitrogens is 2. The second kappa shape index (κ2) is 8.29. The van der Waals surface area contributed by atoms with Gasteiger partial charge in [0.05, 0.1) is 17.3 Å². The number of thiophene rings is 1. The van der Waals surface area contributed by atoms with Crippen LogP contribution >= 0.6 is 11.3 Å². The average molecular weight is 488 g/mol. The van der Waals surface area contributed by atoms with Gasteiger partial charge in [-0.3, -0.25) is 9.59 Å². The summed E-state index contributed by atoms with van der Waals surface area (Å²) in [5.41, 5.74) is 2.09. The zero-order valence-corrected chi connectivity index (χ0v) is 21.0. The highest BCUT2D eigenvalue weighted by molar-refractivity contribution is 7.18. The van der Waals surface area contributed by atoms with Crippen LogP contribution in [0.2, 0.25) is 0 Å². The monoisotopic (exact) mass is 487 g/mol. The summed E-state index contributed by atoms with van der Waals surface area (Å²) >= 11 is 1.68. The van der Waals surface area contributed by atoms with Gasteiger partial charge >= 0.3 is 0 Å². The van der Waals surface area contributed by atoms with Crippen LogP contribution in [0.4, 0.5) is 0 Å². The van der Waals surface area contributed by atoms with Crippen molar-refractivity contribution < 1.29 is 4.79 Å². The molecule has 4 bridgehead atoms. The summed E-state index contributed by atoms with van der Waals surface area (Å²) in [5, 5.41) is 0.787. The molecule has 0 radical (unpaired) electrons. The molecule has 4 fully saturated rings. The molecule has 3 aromatic rings.